The summed E-state index contributed by atoms with van der Waals surface area (Å²) < 4.78 is 13.0. The van der Waals surface area contributed by atoms with Gasteiger partial charge in [-0.05, 0) is 18.6 Å². The van der Waals surface area contributed by atoms with Gasteiger partial charge in [-0.15, -0.1) is 0 Å². The fraction of sp³-hybridized carbons (Fsp3) is 0.364. The number of benzene rings is 1. The molecular weight excluding hydrogens is 241 g/mol. The Morgan fingerprint density at radius 2 is 2.28 bits per heavy atom. The highest BCUT2D eigenvalue weighted by molar-refractivity contribution is 5.78. The molecule has 1 heterocycles. The third-order valence-electron chi connectivity index (χ3n) is 3.07. The Bertz CT molecular complexity index is 506. The lowest BCUT2D eigenvalue weighted by atomic mass is 10.1. The van der Waals surface area contributed by atoms with Gasteiger partial charge in [-0.2, -0.15) is 0 Å². The lowest BCUT2D eigenvalue weighted by molar-refractivity contribution is -0.384. The number of nitro groups is 1. The maximum Gasteiger partial charge on any atom is 0.295 e. The van der Waals surface area contributed by atoms with E-state index in [1.54, 1.807) is 4.90 Å². The Morgan fingerprint density at radius 1 is 1.56 bits per heavy atom. The number of amides is 1. The Hall–Kier alpha value is -2.18. The number of nitrogens with two attached hydrogens (primary N) is 1. The molecular formula is C11H12FN3O3. The van der Waals surface area contributed by atoms with Gasteiger partial charge >= 0.3 is 0 Å². The molecule has 1 aliphatic rings. The molecule has 1 atom stereocenters. The van der Waals surface area contributed by atoms with Crippen LogP contribution in [0.4, 0.5) is 15.8 Å². The van der Waals surface area contributed by atoms with E-state index in [4.69, 9.17) is 5.73 Å². The van der Waals surface area contributed by atoms with Gasteiger partial charge in [0.1, 0.15) is 11.5 Å². The Balaban J connectivity index is 2.29. The van der Waals surface area contributed by atoms with Crippen LogP contribution in [0.1, 0.15) is 6.42 Å². The normalized spacial score (nSPS) is 18.9. The summed E-state index contributed by atoms with van der Waals surface area (Å²) in [5, 5.41) is 10.9. The van der Waals surface area contributed by atoms with Crippen LogP contribution >= 0.6 is 0 Å². The highest BCUT2D eigenvalue weighted by Gasteiger charge is 2.30. The molecule has 1 unspecified atom stereocenters. The predicted molar refractivity (Wildman–Crippen MR) is 62.6 cm³/mol. The summed E-state index contributed by atoms with van der Waals surface area (Å²) in [4.78, 5) is 23.0. The van der Waals surface area contributed by atoms with Gasteiger partial charge in [0.15, 0.2) is 0 Å². The van der Waals surface area contributed by atoms with E-state index in [-0.39, 0.29) is 11.6 Å². The van der Waals surface area contributed by atoms with Crippen molar-refractivity contribution in [1.29, 1.82) is 0 Å². The van der Waals surface area contributed by atoms with Crippen molar-refractivity contribution < 1.29 is 14.1 Å². The first-order valence-electron chi connectivity index (χ1n) is 5.47. The number of hydrogen-bond donors (Lipinski definition) is 1. The molecule has 1 aliphatic heterocycles. The standard InChI is InChI=1S/C11H12FN3O3/c12-8-1-2-9(10(5-8)15(17)18)14-4-3-7(6-14)11(13)16/h1-2,5,7H,3-4,6H2,(H2,13,16). The summed E-state index contributed by atoms with van der Waals surface area (Å²) >= 11 is 0. The second-order valence-electron chi connectivity index (χ2n) is 4.22. The molecule has 96 valence electrons. The summed E-state index contributed by atoms with van der Waals surface area (Å²) in [5.74, 6) is -1.38. The van der Waals surface area contributed by atoms with Crippen molar-refractivity contribution in [2.45, 2.75) is 6.42 Å². The maximum absolute atomic E-state index is 13.0. The van der Waals surface area contributed by atoms with Crippen molar-refractivity contribution >= 4 is 17.3 Å². The molecule has 1 saturated heterocycles. The van der Waals surface area contributed by atoms with Gasteiger partial charge < -0.3 is 10.6 Å². The molecule has 6 nitrogen and oxygen atoms in total. The van der Waals surface area contributed by atoms with E-state index in [0.717, 1.165) is 6.07 Å². The molecule has 0 bridgehead atoms. The molecule has 1 amide bonds. The number of rotatable bonds is 3. The zero-order chi connectivity index (χ0) is 13.3. The molecule has 2 rings (SSSR count). The minimum Gasteiger partial charge on any atom is -0.369 e. The molecule has 2 N–H and O–H groups in total. The summed E-state index contributed by atoms with van der Waals surface area (Å²) in [6, 6.07) is 3.41. The second kappa shape index (κ2) is 4.59. The highest BCUT2D eigenvalue weighted by Crippen LogP contribution is 2.32. The molecule has 0 spiro atoms. The quantitative estimate of drug-likeness (QED) is 0.644. The van der Waals surface area contributed by atoms with E-state index >= 15 is 0 Å². The summed E-state index contributed by atoms with van der Waals surface area (Å²) in [6.45, 7) is 0.835. The lowest BCUT2D eigenvalue weighted by Crippen LogP contribution is -2.27. The fourth-order valence-electron chi connectivity index (χ4n) is 2.12. The summed E-state index contributed by atoms with van der Waals surface area (Å²) in [7, 11) is 0. The van der Waals surface area contributed by atoms with Gasteiger partial charge in [0.25, 0.3) is 5.69 Å². The van der Waals surface area contributed by atoms with Crippen molar-refractivity contribution in [1.82, 2.24) is 0 Å². The first kappa shape index (κ1) is 12.3. The zero-order valence-electron chi connectivity index (χ0n) is 9.51. The van der Waals surface area contributed by atoms with Crippen molar-refractivity contribution in [2.24, 2.45) is 11.7 Å². The van der Waals surface area contributed by atoms with Crippen LogP contribution in [0.15, 0.2) is 18.2 Å². The van der Waals surface area contributed by atoms with Crippen LogP contribution in [-0.2, 0) is 4.79 Å². The summed E-state index contributed by atoms with van der Waals surface area (Å²) in [6.07, 6.45) is 0.559. The van der Waals surface area contributed by atoms with Crippen molar-refractivity contribution in [3.05, 3.63) is 34.1 Å². The molecule has 1 fully saturated rings. The molecule has 1 aromatic rings. The molecule has 0 aromatic heterocycles. The highest BCUT2D eigenvalue weighted by atomic mass is 19.1. The third kappa shape index (κ3) is 2.24. The van der Waals surface area contributed by atoms with Crippen LogP contribution < -0.4 is 10.6 Å². The topological polar surface area (TPSA) is 89.5 Å². The summed E-state index contributed by atoms with van der Waals surface area (Å²) in [5.41, 5.74) is 5.23. The van der Waals surface area contributed by atoms with Gasteiger partial charge in [-0.1, -0.05) is 0 Å². The molecule has 0 saturated carbocycles. The number of hydrogen-bond acceptors (Lipinski definition) is 4. The van der Waals surface area contributed by atoms with Crippen LogP contribution in [0.25, 0.3) is 0 Å². The second-order valence-corrected chi connectivity index (χ2v) is 4.22. The van der Waals surface area contributed by atoms with E-state index < -0.39 is 16.6 Å². The molecule has 7 heteroatoms. The predicted octanol–water partition coefficient (Wildman–Crippen LogP) is 1.05. The number of anilines is 1. The van der Waals surface area contributed by atoms with Crippen molar-refractivity contribution in [2.75, 3.05) is 18.0 Å². The molecule has 0 aliphatic carbocycles. The lowest BCUT2D eigenvalue weighted by Gasteiger charge is -2.17. The van der Waals surface area contributed by atoms with Gasteiger partial charge in [-0.3, -0.25) is 14.9 Å². The van der Waals surface area contributed by atoms with Crippen LogP contribution in [0.3, 0.4) is 0 Å². The van der Waals surface area contributed by atoms with E-state index in [1.165, 1.54) is 12.1 Å². The largest absolute Gasteiger partial charge is 0.369 e. The first-order chi connectivity index (χ1) is 8.49. The van der Waals surface area contributed by atoms with Crippen LogP contribution in [0, 0.1) is 21.8 Å². The Labute approximate surface area is 102 Å². The van der Waals surface area contributed by atoms with Crippen LogP contribution in [0.5, 0.6) is 0 Å². The average molecular weight is 253 g/mol. The minimum atomic E-state index is -0.656. The van der Waals surface area contributed by atoms with Gasteiger partial charge in [-0.25, -0.2) is 4.39 Å². The smallest absolute Gasteiger partial charge is 0.295 e. The van der Waals surface area contributed by atoms with E-state index in [0.29, 0.717) is 25.2 Å². The van der Waals surface area contributed by atoms with Crippen molar-refractivity contribution in [3.8, 4) is 0 Å². The van der Waals surface area contributed by atoms with E-state index in [9.17, 15) is 19.3 Å². The van der Waals surface area contributed by atoms with Crippen LogP contribution in [-0.4, -0.2) is 23.9 Å². The number of carbonyl (C=O) groups is 1. The van der Waals surface area contributed by atoms with E-state index in [1.807, 2.05) is 0 Å². The zero-order valence-corrected chi connectivity index (χ0v) is 9.51. The van der Waals surface area contributed by atoms with Gasteiger partial charge in [0, 0.05) is 13.1 Å². The minimum absolute atomic E-state index is 0.292. The molecule has 1 aromatic carbocycles. The number of nitro benzene ring substituents is 1. The van der Waals surface area contributed by atoms with E-state index in [2.05, 4.69) is 0 Å². The Morgan fingerprint density at radius 3 is 2.83 bits per heavy atom. The van der Waals surface area contributed by atoms with Crippen LogP contribution in [0.2, 0.25) is 0 Å². The Kier molecular flexibility index (Phi) is 3.14. The number of nitrogens with zero attached hydrogens (tertiary/aromatic N) is 2. The fourth-order valence-corrected chi connectivity index (χ4v) is 2.12. The molecule has 18 heavy (non-hydrogen) atoms. The molecule has 0 radical (unpaired) electrons. The maximum atomic E-state index is 13.0. The van der Waals surface area contributed by atoms with Gasteiger partial charge in [0.05, 0.1) is 16.9 Å². The monoisotopic (exact) mass is 253 g/mol. The third-order valence-corrected chi connectivity index (χ3v) is 3.07. The van der Waals surface area contributed by atoms with Gasteiger partial charge in [0.2, 0.25) is 5.91 Å². The number of carbonyl (C=O) groups excluding carboxylic acids is 1. The van der Waals surface area contributed by atoms with Crippen molar-refractivity contribution in [3.63, 3.8) is 0 Å². The number of halogens is 1. The number of primary amides is 1. The SMILES string of the molecule is NC(=O)C1CCN(c2ccc(F)cc2[N+](=O)[O-])C1. The first-order valence-corrected chi connectivity index (χ1v) is 5.47. The average Bonchev–Trinajstić information content (AvgIpc) is 2.78.